The maximum atomic E-state index is 13.7. The number of aryl methyl sites for hydroxylation is 1. The van der Waals surface area contributed by atoms with Crippen LogP contribution in [0.15, 0.2) is 76.3 Å². The third-order valence-corrected chi connectivity index (χ3v) is 10.2. The second-order valence-electron chi connectivity index (χ2n) is 8.34. The van der Waals surface area contributed by atoms with Crippen molar-refractivity contribution in [2.24, 2.45) is 5.73 Å². The Bertz CT molecular complexity index is 1400. The Morgan fingerprint density at radius 1 is 1.11 bits per heavy atom. The van der Waals surface area contributed by atoms with Gasteiger partial charge >= 0.3 is 5.97 Å². The van der Waals surface area contributed by atoms with E-state index in [4.69, 9.17) is 10.5 Å². The Kier molecular flexibility index (Phi) is 6.68. The third kappa shape index (κ3) is 4.57. The molecule has 2 aromatic carbocycles. The monoisotopic (exact) mass is 542 g/mol. The highest BCUT2D eigenvalue weighted by atomic mass is 32.2. The van der Waals surface area contributed by atoms with Gasteiger partial charge in [0.25, 0.3) is 0 Å². The molecule has 1 saturated heterocycles. The molecular formula is C24H22N4O5S3. The van der Waals surface area contributed by atoms with Gasteiger partial charge in [-0.2, -0.15) is 0 Å². The smallest absolute Gasteiger partial charge is 0.356 e. The van der Waals surface area contributed by atoms with E-state index in [1.165, 1.54) is 16.7 Å². The van der Waals surface area contributed by atoms with Gasteiger partial charge in [-0.1, -0.05) is 72.0 Å². The molecule has 2 aliphatic heterocycles. The summed E-state index contributed by atoms with van der Waals surface area (Å²) >= 11 is 2.28. The number of benzene rings is 2. The largest absolute Gasteiger partial charge is 0.448 e. The first-order chi connectivity index (χ1) is 17.3. The molecule has 0 spiro atoms. The fraction of sp³-hybridized carbons (Fsp3) is 0.250. The standard InChI is InChI=1S/C24H22N4O5S3/c1-14-26-27-24(35-14)36(31,32)13-17-12-34-22-18(25)21(29)28(22)19(17)23(30)33-20(15-8-4-2-5-9-15)16-10-6-3-7-11-16/h2-11,18,20,22H,12-13,25H2,1H3/t18-,22-/m1/s1. The van der Waals surface area contributed by atoms with Crippen LogP contribution in [0.2, 0.25) is 0 Å². The molecule has 2 N–H and O–H groups in total. The number of rotatable bonds is 7. The number of fused-ring (bicyclic) bond motifs is 1. The van der Waals surface area contributed by atoms with Gasteiger partial charge < -0.3 is 10.5 Å². The summed E-state index contributed by atoms with van der Waals surface area (Å²) in [5.74, 6) is -1.49. The highest BCUT2D eigenvalue weighted by molar-refractivity contribution is 8.00. The number of carbonyl (C=O) groups excluding carboxylic acids is 2. The van der Waals surface area contributed by atoms with E-state index in [1.54, 1.807) is 6.92 Å². The van der Waals surface area contributed by atoms with Gasteiger partial charge in [0, 0.05) is 5.75 Å². The van der Waals surface area contributed by atoms with Gasteiger partial charge in [-0.3, -0.25) is 9.69 Å². The molecule has 2 atom stereocenters. The van der Waals surface area contributed by atoms with Gasteiger partial charge in [0.2, 0.25) is 20.1 Å². The minimum Gasteiger partial charge on any atom is -0.448 e. The summed E-state index contributed by atoms with van der Waals surface area (Å²) in [7, 11) is -3.89. The summed E-state index contributed by atoms with van der Waals surface area (Å²) in [5, 5.41) is 7.61. The minimum atomic E-state index is -3.89. The van der Waals surface area contributed by atoms with E-state index in [0.717, 1.165) is 22.5 Å². The van der Waals surface area contributed by atoms with Crippen LogP contribution in [0, 0.1) is 6.92 Å². The van der Waals surface area contributed by atoms with Crippen LogP contribution in [0.3, 0.4) is 0 Å². The number of hydrogen-bond donors (Lipinski definition) is 1. The molecule has 1 amide bonds. The lowest BCUT2D eigenvalue weighted by Crippen LogP contribution is -2.68. The molecule has 0 aliphatic carbocycles. The summed E-state index contributed by atoms with van der Waals surface area (Å²) < 4.78 is 32.0. The molecule has 5 rings (SSSR count). The number of nitrogens with zero attached hydrogens (tertiary/aromatic N) is 3. The predicted octanol–water partition coefficient (Wildman–Crippen LogP) is 2.45. The van der Waals surface area contributed by atoms with Crippen LogP contribution in [0.4, 0.5) is 0 Å². The molecule has 0 bridgehead atoms. The summed E-state index contributed by atoms with van der Waals surface area (Å²) in [5.41, 5.74) is 7.66. The summed E-state index contributed by atoms with van der Waals surface area (Å²) in [6, 6.07) is 17.7. The average Bonchev–Trinajstić information content (AvgIpc) is 3.34. The van der Waals surface area contributed by atoms with E-state index in [1.807, 2.05) is 60.7 Å². The van der Waals surface area contributed by atoms with E-state index in [0.29, 0.717) is 5.01 Å². The Hall–Kier alpha value is -3.06. The fourth-order valence-electron chi connectivity index (χ4n) is 4.12. The van der Waals surface area contributed by atoms with Crippen molar-refractivity contribution >= 4 is 44.8 Å². The number of β-lactam (4-membered cyclic amide) rings is 1. The SMILES string of the molecule is Cc1nnc(S(=O)(=O)CC2=C(C(=O)OC(c3ccccc3)c3ccccc3)N3C(=O)[C@@H](N)[C@H]3SC2)s1. The first kappa shape index (κ1) is 24.6. The maximum absolute atomic E-state index is 13.7. The zero-order valence-corrected chi connectivity index (χ0v) is 21.6. The minimum absolute atomic E-state index is 0.0628. The molecular weight excluding hydrogens is 520 g/mol. The van der Waals surface area contributed by atoms with E-state index in [2.05, 4.69) is 10.2 Å². The number of esters is 1. The molecule has 3 heterocycles. The molecule has 0 unspecified atom stereocenters. The molecule has 0 saturated carbocycles. The fourth-order valence-corrected chi connectivity index (χ4v) is 7.99. The van der Waals surface area contributed by atoms with Crippen molar-refractivity contribution in [3.8, 4) is 0 Å². The third-order valence-electron chi connectivity index (χ3n) is 5.85. The van der Waals surface area contributed by atoms with Gasteiger partial charge in [0.1, 0.15) is 22.1 Å². The topological polar surface area (TPSA) is 133 Å². The highest BCUT2D eigenvalue weighted by Crippen LogP contribution is 2.41. The molecule has 1 fully saturated rings. The van der Waals surface area contributed by atoms with Crippen LogP contribution in [-0.4, -0.2) is 58.3 Å². The summed E-state index contributed by atoms with van der Waals surface area (Å²) in [4.78, 5) is 27.7. The van der Waals surface area contributed by atoms with Crippen molar-refractivity contribution in [1.29, 1.82) is 0 Å². The van der Waals surface area contributed by atoms with Crippen molar-refractivity contribution in [3.05, 3.63) is 88.1 Å². The van der Waals surface area contributed by atoms with Crippen LogP contribution >= 0.6 is 23.1 Å². The first-order valence-corrected chi connectivity index (χ1v) is 14.5. The summed E-state index contributed by atoms with van der Waals surface area (Å²) in [6.45, 7) is 1.66. The Labute approximate surface area is 216 Å². The van der Waals surface area contributed by atoms with E-state index in [-0.39, 0.29) is 21.4 Å². The number of nitrogens with two attached hydrogens (primary N) is 1. The molecule has 9 nitrogen and oxygen atoms in total. The molecule has 12 heteroatoms. The lowest BCUT2D eigenvalue weighted by atomic mass is 10.0. The molecule has 2 aliphatic rings. The second-order valence-corrected chi connectivity index (χ2v) is 12.8. The average molecular weight is 543 g/mol. The number of thioether (sulfide) groups is 1. The molecule has 1 aromatic heterocycles. The van der Waals surface area contributed by atoms with Crippen LogP contribution in [0.1, 0.15) is 22.2 Å². The lowest BCUT2D eigenvalue weighted by Gasteiger charge is -2.48. The van der Waals surface area contributed by atoms with Gasteiger partial charge in [-0.15, -0.1) is 22.0 Å². The van der Waals surface area contributed by atoms with Gasteiger partial charge in [0.15, 0.2) is 6.10 Å². The van der Waals surface area contributed by atoms with E-state index in [9.17, 15) is 18.0 Å². The Morgan fingerprint density at radius 2 is 1.72 bits per heavy atom. The van der Waals surface area contributed by atoms with Crippen molar-refractivity contribution in [3.63, 3.8) is 0 Å². The van der Waals surface area contributed by atoms with Crippen LogP contribution in [-0.2, 0) is 24.2 Å². The molecule has 36 heavy (non-hydrogen) atoms. The van der Waals surface area contributed by atoms with Crippen molar-refractivity contribution in [1.82, 2.24) is 15.1 Å². The number of amides is 1. The molecule has 0 radical (unpaired) electrons. The van der Waals surface area contributed by atoms with Crippen molar-refractivity contribution in [2.45, 2.75) is 28.8 Å². The van der Waals surface area contributed by atoms with Crippen LogP contribution < -0.4 is 5.73 Å². The Morgan fingerprint density at radius 3 is 2.28 bits per heavy atom. The molecule has 186 valence electrons. The van der Waals surface area contributed by atoms with Gasteiger partial charge in [0.05, 0.1) is 5.75 Å². The number of hydrogen-bond acceptors (Lipinski definition) is 10. The molecule has 3 aromatic rings. The maximum Gasteiger partial charge on any atom is 0.356 e. The van der Waals surface area contributed by atoms with Gasteiger partial charge in [-0.05, 0) is 23.6 Å². The predicted molar refractivity (Wildman–Crippen MR) is 136 cm³/mol. The first-order valence-electron chi connectivity index (χ1n) is 11.0. The van der Waals surface area contributed by atoms with Crippen molar-refractivity contribution < 1.29 is 22.7 Å². The zero-order chi connectivity index (χ0) is 25.4. The van der Waals surface area contributed by atoms with Crippen LogP contribution in [0.25, 0.3) is 0 Å². The summed E-state index contributed by atoms with van der Waals surface area (Å²) in [6.07, 6.45) is -0.755. The number of aromatic nitrogens is 2. The van der Waals surface area contributed by atoms with Gasteiger partial charge in [-0.25, -0.2) is 13.2 Å². The second kappa shape index (κ2) is 9.77. The number of sulfone groups is 1. The Balaban J connectivity index is 1.53. The normalized spacial score (nSPS) is 19.8. The van der Waals surface area contributed by atoms with Crippen molar-refractivity contribution in [2.75, 3.05) is 11.5 Å². The highest BCUT2D eigenvalue weighted by Gasteiger charge is 2.52. The van der Waals surface area contributed by atoms with Crippen LogP contribution in [0.5, 0.6) is 0 Å². The number of ether oxygens (including phenoxy) is 1. The number of carbonyl (C=O) groups is 2. The zero-order valence-electron chi connectivity index (χ0n) is 19.1. The lowest BCUT2D eigenvalue weighted by molar-refractivity contribution is -0.153. The quantitative estimate of drug-likeness (QED) is 0.353. The van der Waals surface area contributed by atoms with E-state index >= 15 is 0 Å². The van der Waals surface area contributed by atoms with E-state index < -0.39 is 45.0 Å².